The van der Waals surface area contributed by atoms with Crippen LogP contribution in [-0.4, -0.2) is 65.7 Å². The second-order valence-corrected chi connectivity index (χ2v) is 8.56. The number of carbonyl (C=O) groups excluding carboxylic acids is 2. The van der Waals surface area contributed by atoms with Gasteiger partial charge in [0.2, 0.25) is 0 Å². The van der Waals surface area contributed by atoms with Gasteiger partial charge in [0.25, 0.3) is 5.91 Å². The molecule has 0 aliphatic carbocycles. The zero-order chi connectivity index (χ0) is 25.2. The van der Waals surface area contributed by atoms with E-state index in [4.69, 9.17) is 9.47 Å². The van der Waals surface area contributed by atoms with E-state index in [-0.39, 0.29) is 30.6 Å². The first-order valence-corrected chi connectivity index (χ1v) is 11.5. The van der Waals surface area contributed by atoms with Gasteiger partial charge in [0.1, 0.15) is 11.6 Å². The van der Waals surface area contributed by atoms with Crippen LogP contribution in [0.4, 0.5) is 23.8 Å². The smallest absolute Gasteiger partial charge is 0.410 e. The molecule has 0 spiro atoms. The quantitative estimate of drug-likeness (QED) is 0.653. The maximum atomic E-state index is 13.9. The molecule has 2 aliphatic heterocycles. The Bertz CT molecular complexity index is 1050. The van der Waals surface area contributed by atoms with Gasteiger partial charge in [-0.05, 0) is 37.5 Å². The number of aromatic nitrogens is 2. The number of likely N-dealkylation sites (tertiary alicyclic amines) is 1. The third-order valence-electron chi connectivity index (χ3n) is 6.30. The molecular formula is C23H28F3N5O4. The predicted molar refractivity (Wildman–Crippen MR) is 120 cm³/mol. The molecule has 0 radical (unpaired) electrons. The van der Waals surface area contributed by atoms with Gasteiger partial charge in [-0.3, -0.25) is 4.79 Å². The van der Waals surface area contributed by atoms with Crippen molar-refractivity contribution >= 4 is 17.8 Å². The van der Waals surface area contributed by atoms with Gasteiger partial charge in [-0.1, -0.05) is 12.1 Å². The molecule has 1 fully saturated rings. The third-order valence-corrected chi connectivity index (χ3v) is 6.30. The average molecular weight is 496 g/mol. The van der Waals surface area contributed by atoms with E-state index in [0.29, 0.717) is 37.2 Å². The highest BCUT2D eigenvalue weighted by molar-refractivity contribution is 5.93. The Morgan fingerprint density at radius 3 is 2.49 bits per heavy atom. The zero-order valence-corrected chi connectivity index (χ0v) is 19.5. The summed E-state index contributed by atoms with van der Waals surface area (Å²) in [6, 6.07) is 5.45. The number of hydrogen-bond acceptors (Lipinski definition) is 6. The molecule has 190 valence electrons. The maximum Gasteiger partial charge on any atom is 0.410 e. The van der Waals surface area contributed by atoms with Crippen LogP contribution in [-0.2, 0) is 4.74 Å². The van der Waals surface area contributed by atoms with Crippen molar-refractivity contribution in [3.8, 4) is 5.75 Å². The summed E-state index contributed by atoms with van der Waals surface area (Å²) < 4.78 is 52.7. The lowest BCUT2D eigenvalue weighted by Crippen LogP contribution is -2.46. The van der Waals surface area contributed by atoms with Gasteiger partial charge in [0.15, 0.2) is 11.7 Å². The third kappa shape index (κ3) is 5.46. The molecule has 0 saturated carbocycles. The number of benzene rings is 1. The second kappa shape index (κ2) is 10.0. The van der Waals surface area contributed by atoms with Crippen molar-refractivity contribution in [2.45, 2.75) is 50.5 Å². The van der Waals surface area contributed by atoms with Gasteiger partial charge < -0.3 is 25.0 Å². The number of fused-ring (bicyclic) bond motifs is 1. The van der Waals surface area contributed by atoms with Crippen LogP contribution in [0.1, 0.15) is 54.3 Å². The van der Waals surface area contributed by atoms with E-state index in [2.05, 4.69) is 15.7 Å². The van der Waals surface area contributed by atoms with E-state index >= 15 is 0 Å². The van der Waals surface area contributed by atoms with E-state index in [1.807, 2.05) is 0 Å². The number of alkyl halides is 3. The normalized spacial score (nSPS) is 20.5. The Hall–Kier alpha value is -3.44. The van der Waals surface area contributed by atoms with Crippen LogP contribution in [0.15, 0.2) is 30.3 Å². The SMILES string of the molecule is CCOC(=O)N1CCC(NC(=O)c2cc3n(n2)[C@H](C(F)(F)F)C[C@@H](c2ccc(OC)cc2)N3)CC1. The fraction of sp³-hybridized carbons (Fsp3) is 0.522. The number of carbonyl (C=O) groups is 2. The van der Waals surface area contributed by atoms with Crippen LogP contribution in [0.2, 0.25) is 0 Å². The van der Waals surface area contributed by atoms with Crippen LogP contribution in [0.25, 0.3) is 0 Å². The number of nitrogens with zero attached hydrogens (tertiary/aromatic N) is 3. The molecule has 1 aromatic carbocycles. The van der Waals surface area contributed by atoms with Crippen molar-refractivity contribution in [1.82, 2.24) is 20.0 Å². The van der Waals surface area contributed by atoms with Crippen LogP contribution in [0.5, 0.6) is 5.75 Å². The van der Waals surface area contributed by atoms with Gasteiger partial charge in [-0.2, -0.15) is 18.3 Å². The average Bonchev–Trinajstić information content (AvgIpc) is 3.28. The van der Waals surface area contributed by atoms with E-state index in [1.165, 1.54) is 13.2 Å². The number of anilines is 1. The zero-order valence-electron chi connectivity index (χ0n) is 19.5. The summed E-state index contributed by atoms with van der Waals surface area (Å²) in [4.78, 5) is 26.2. The molecule has 2 aliphatic rings. The minimum Gasteiger partial charge on any atom is -0.497 e. The van der Waals surface area contributed by atoms with Crippen molar-refractivity contribution in [3.05, 3.63) is 41.6 Å². The predicted octanol–water partition coefficient (Wildman–Crippen LogP) is 3.90. The molecule has 35 heavy (non-hydrogen) atoms. The second-order valence-electron chi connectivity index (χ2n) is 8.56. The minimum atomic E-state index is -4.54. The number of rotatable bonds is 5. The summed E-state index contributed by atoms with van der Waals surface area (Å²) in [7, 11) is 1.52. The van der Waals surface area contributed by atoms with Crippen LogP contribution < -0.4 is 15.4 Å². The van der Waals surface area contributed by atoms with E-state index in [0.717, 1.165) is 4.68 Å². The lowest BCUT2D eigenvalue weighted by Gasteiger charge is -2.33. The number of hydrogen-bond donors (Lipinski definition) is 2. The highest BCUT2D eigenvalue weighted by Crippen LogP contribution is 2.43. The van der Waals surface area contributed by atoms with Gasteiger partial charge in [-0.15, -0.1) is 0 Å². The topological polar surface area (TPSA) is 97.7 Å². The lowest BCUT2D eigenvalue weighted by molar-refractivity contribution is -0.173. The van der Waals surface area contributed by atoms with Crippen molar-refractivity contribution in [2.75, 3.05) is 32.1 Å². The first-order valence-electron chi connectivity index (χ1n) is 11.5. The Morgan fingerprint density at radius 1 is 1.20 bits per heavy atom. The summed E-state index contributed by atoms with van der Waals surface area (Å²) in [5.41, 5.74) is 0.580. The molecule has 2 atom stereocenters. The Balaban J connectivity index is 1.46. The molecule has 12 heteroatoms. The maximum absolute atomic E-state index is 13.9. The molecular weight excluding hydrogens is 467 g/mol. The summed E-state index contributed by atoms with van der Waals surface area (Å²) >= 11 is 0. The molecule has 4 rings (SSSR count). The Morgan fingerprint density at radius 2 is 1.89 bits per heavy atom. The number of nitrogens with one attached hydrogen (secondary N) is 2. The summed E-state index contributed by atoms with van der Waals surface area (Å²) in [6.45, 7) is 2.86. The molecule has 1 saturated heterocycles. The van der Waals surface area contributed by atoms with Crippen LogP contribution in [0, 0.1) is 0 Å². The standard InChI is InChI=1S/C23H28F3N5O4/c1-3-35-22(33)30-10-8-15(9-11-30)27-21(32)18-13-20-28-17(14-4-6-16(34-2)7-5-14)12-19(23(24,25)26)31(20)29-18/h4-7,13,15,17,19,28H,3,8-12H2,1-2H3,(H,27,32)/t17-,19-/m0/s1. The summed E-state index contributed by atoms with van der Waals surface area (Å²) in [5.74, 6) is 0.181. The summed E-state index contributed by atoms with van der Waals surface area (Å²) in [6.07, 6.45) is -4.17. The first kappa shape index (κ1) is 24.7. The van der Waals surface area contributed by atoms with Gasteiger partial charge >= 0.3 is 12.3 Å². The Labute approximate surface area is 200 Å². The van der Waals surface area contributed by atoms with Crippen molar-refractivity contribution < 1.29 is 32.2 Å². The first-order chi connectivity index (χ1) is 16.7. The highest BCUT2D eigenvalue weighted by Gasteiger charge is 2.47. The van der Waals surface area contributed by atoms with E-state index < -0.39 is 30.3 Å². The van der Waals surface area contributed by atoms with Gasteiger partial charge in [-0.25, -0.2) is 9.48 Å². The largest absolute Gasteiger partial charge is 0.497 e. The fourth-order valence-corrected chi connectivity index (χ4v) is 4.42. The molecule has 2 aromatic rings. The number of ether oxygens (including phenoxy) is 2. The number of halogens is 3. The molecule has 0 unspecified atom stereocenters. The lowest BCUT2D eigenvalue weighted by atomic mass is 9.97. The summed E-state index contributed by atoms with van der Waals surface area (Å²) in [5, 5.41) is 9.92. The number of amides is 2. The molecule has 1 aromatic heterocycles. The molecule has 9 nitrogen and oxygen atoms in total. The number of methoxy groups -OCH3 is 1. The van der Waals surface area contributed by atoms with Crippen molar-refractivity contribution in [3.63, 3.8) is 0 Å². The minimum absolute atomic E-state index is 0.0926. The van der Waals surface area contributed by atoms with E-state index in [1.54, 1.807) is 36.1 Å². The van der Waals surface area contributed by atoms with E-state index in [9.17, 15) is 22.8 Å². The van der Waals surface area contributed by atoms with Gasteiger partial charge in [0, 0.05) is 31.6 Å². The Kier molecular flexibility index (Phi) is 7.08. The monoisotopic (exact) mass is 495 g/mol. The molecule has 2 amide bonds. The number of piperidine rings is 1. The molecule has 3 heterocycles. The highest BCUT2D eigenvalue weighted by atomic mass is 19.4. The van der Waals surface area contributed by atoms with Gasteiger partial charge in [0.05, 0.1) is 19.8 Å². The van der Waals surface area contributed by atoms with Crippen molar-refractivity contribution in [1.29, 1.82) is 0 Å². The molecule has 0 bridgehead atoms. The molecule has 2 N–H and O–H groups in total. The van der Waals surface area contributed by atoms with Crippen LogP contribution >= 0.6 is 0 Å². The fourth-order valence-electron chi connectivity index (χ4n) is 4.42. The van der Waals surface area contributed by atoms with Crippen LogP contribution in [0.3, 0.4) is 0 Å². The van der Waals surface area contributed by atoms with Crippen molar-refractivity contribution in [2.24, 2.45) is 0 Å².